The highest BCUT2D eigenvalue weighted by atomic mass is 16.1. The van der Waals surface area contributed by atoms with E-state index in [0.29, 0.717) is 11.1 Å². The lowest BCUT2D eigenvalue weighted by atomic mass is 10.1. The Labute approximate surface area is 153 Å². The maximum absolute atomic E-state index is 11.6. The first kappa shape index (κ1) is 18.1. The quantitative estimate of drug-likeness (QED) is 0.761. The van der Waals surface area contributed by atoms with Gasteiger partial charge in [0.2, 0.25) is 0 Å². The van der Waals surface area contributed by atoms with Gasteiger partial charge >= 0.3 is 0 Å². The Bertz CT molecular complexity index is 696. The molecule has 0 spiro atoms. The molecule has 1 aliphatic rings. The number of hydrogen-bond acceptors (Lipinski definition) is 6. The molecular weight excluding hydrogens is 328 g/mol. The van der Waals surface area contributed by atoms with Crippen molar-refractivity contribution in [2.75, 3.05) is 49.1 Å². The SMILES string of the molecule is NCC(=O)c1ccc(N2CCN(c3ccc(C(=O)CN)cc3)CC2)cc1. The molecule has 0 aromatic heterocycles. The number of carbonyl (C=O) groups is 2. The van der Waals surface area contributed by atoms with Gasteiger partial charge in [-0.2, -0.15) is 0 Å². The first-order chi connectivity index (χ1) is 12.6. The lowest BCUT2D eigenvalue weighted by Gasteiger charge is -2.37. The summed E-state index contributed by atoms with van der Waals surface area (Å²) in [5, 5.41) is 0. The first-order valence-corrected chi connectivity index (χ1v) is 8.79. The van der Waals surface area contributed by atoms with E-state index in [4.69, 9.17) is 11.5 Å². The van der Waals surface area contributed by atoms with Crippen molar-refractivity contribution < 1.29 is 9.59 Å². The van der Waals surface area contributed by atoms with Gasteiger partial charge in [-0.15, -0.1) is 0 Å². The van der Waals surface area contributed by atoms with Crippen LogP contribution < -0.4 is 21.3 Å². The highest BCUT2D eigenvalue weighted by molar-refractivity contribution is 5.98. The van der Waals surface area contributed by atoms with Crippen LogP contribution in [0.2, 0.25) is 0 Å². The third-order valence-electron chi connectivity index (χ3n) is 4.76. The van der Waals surface area contributed by atoms with Gasteiger partial charge in [-0.1, -0.05) is 0 Å². The van der Waals surface area contributed by atoms with E-state index >= 15 is 0 Å². The molecule has 136 valence electrons. The minimum absolute atomic E-state index is 0.0354. The summed E-state index contributed by atoms with van der Waals surface area (Å²) in [6.45, 7) is 3.66. The molecule has 0 unspecified atom stereocenters. The van der Waals surface area contributed by atoms with E-state index in [0.717, 1.165) is 37.6 Å². The average molecular weight is 352 g/mol. The molecule has 0 aliphatic carbocycles. The molecule has 1 aliphatic heterocycles. The Hall–Kier alpha value is -2.70. The summed E-state index contributed by atoms with van der Waals surface area (Å²) < 4.78 is 0. The third-order valence-corrected chi connectivity index (χ3v) is 4.76. The zero-order chi connectivity index (χ0) is 18.5. The highest BCUT2D eigenvalue weighted by Gasteiger charge is 2.18. The first-order valence-electron chi connectivity index (χ1n) is 8.79. The lowest BCUT2D eigenvalue weighted by Crippen LogP contribution is -2.46. The topological polar surface area (TPSA) is 92.7 Å². The molecule has 1 saturated heterocycles. The molecule has 26 heavy (non-hydrogen) atoms. The Morgan fingerprint density at radius 2 is 0.962 bits per heavy atom. The van der Waals surface area contributed by atoms with Gasteiger partial charge < -0.3 is 21.3 Å². The minimum atomic E-state index is -0.0436. The van der Waals surface area contributed by atoms with Crippen LogP contribution >= 0.6 is 0 Å². The molecule has 0 bridgehead atoms. The second-order valence-corrected chi connectivity index (χ2v) is 6.32. The number of piperazine rings is 1. The van der Waals surface area contributed by atoms with E-state index in [-0.39, 0.29) is 24.7 Å². The maximum Gasteiger partial charge on any atom is 0.176 e. The van der Waals surface area contributed by atoms with Crippen molar-refractivity contribution in [1.82, 2.24) is 0 Å². The Morgan fingerprint density at radius 3 is 1.23 bits per heavy atom. The largest absolute Gasteiger partial charge is 0.368 e. The fourth-order valence-electron chi connectivity index (χ4n) is 3.17. The summed E-state index contributed by atoms with van der Waals surface area (Å²) in [4.78, 5) is 27.8. The van der Waals surface area contributed by atoms with Crippen LogP contribution in [0.25, 0.3) is 0 Å². The third kappa shape index (κ3) is 3.92. The van der Waals surface area contributed by atoms with E-state index in [9.17, 15) is 9.59 Å². The van der Waals surface area contributed by atoms with Gasteiger partial charge in [-0.05, 0) is 48.5 Å². The van der Waals surface area contributed by atoms with Crippen molar-refractivity contribution in [2.24, 2.45) is 11.5 Å². The highest BCUT2D eigenvalue weighted by Crippen LogP contribution is 2.21. The number of nitrogens with two attached hydrogens (primary N) is 2. The number of benzene rings is 2. The lowest BCUT2D eigenvalue weighted by molar-refractivity contribution is 0.0993. The molecule has 1 heterocycles. The summed E-state index contributed by atoms with van der Waals surface area (Å²) in [6, 6.07) is 15.3. The van der Waals surface area contributed by atoms with E-state index in [2.05, 4.69) is 9.80 Å². The predicted molar refractivity (Wildman–Crippen MR) is 104 cm³/mol. The minimum Gasteiger partial charge on any atom is -0.368 e. The fraction of sp³-hybridized carbons (Fsp3) is 0.300. The van der Waals surface area contributed by atoms with Crippen molar-refractivity contribution in [1.29, 1.82) is 0 Å². The van der Waals surface area contributed by atoms with Crippen molar-refractivity contribution in [2.45, 2.75) is 0 Å². The molecule has 0 radical (unpaired) electrons. The zero-order valence-corrected chi connectivity index (χ0v) is 14.7. The van der Waals surface area contributed by atoms with Crippen LogP contribution in [0.4, 0.5) is 11.4 Å². The Morgan fingerprint density at radius 1 is 0.654 bits per heavy atom. The van der Waals surface area contributed by atoms with Gasteiger partial charge in [-0.25, -0.2) is 0 Å². The molecular formula is C20H24N4O2. The molecule has 1 fully saturated rings. The average Bonchev–Trinajstić information content (AvgIpc) is 2.73. The van der Waals surface area contributed by atoms with Crippen LogP contribution in [0.15, 0.2) is 48.5 Å². The fourth-order valence-corrected chi connectivity index (χ4v) is 3.17. The van der Waals surface area contributed by atoms with Crippen LogP contribution in [-0.4, -0.2) is 50.8 Å². The second kappa shape index (κ2) is 8.12. The van der Waals surface area contributed by atoms with Crippen molar-refractivity contribution in [3.63, 3.8) is 0 Å². The van der Waals surface area contributed by atoms with Gasteiger partial charge in [-0.3, -0.25) is 9.59 Å². The summed E-state index contributed by atoms with van der Waals surface area (Å²) in [5.41, 5.74) is 14.3. The number of rotatable bonds is 6. The summed E-state index contributed by atoms with van der Waals surface area (Å²) in [6.07, 6.45) is 0. The van der Waals surface area contributed by atoms with Gasteiger partial charge in [0.15, 0.2) is 11.6 Å². The van der Waals surface area contributed by atoms with Gasteiger partial charge in [0.1, 0.15) is 0 Å². The molecule has 2 aromatic carbocycles. The number of Topliss-reactive ketones (excluding diaryl/α,β-unsaturated/α-hetero) is 2. The monoisotopic (exact) mass is 352 g/mol. The summed E-state index contributed by atoms with van der Waals surface area (Å²) in [5.74, 6) is -0.0872. The normalized spacial score (nSPS) is 14.4. The molecule has 6 heteroatoms. The maximum atomic E-state index is 11.6. The van der Waals surface area contributed by atoms with E-state index in [1.165, 1.54) is 0 Å². The van der Waals surface area contributed by atoms with Crippen molar-refractivity contribution in [3.05, 3.63) is 59.7 Å². The number of nitrogens with zero attached hydrogens (tertiary/aromatic N) is 2. The number of carbonyl (C=O) groups excluding carboxylic acids is 2. The zero-order valence-electron chi connectivity index (χ0n) is 14.7. The van der Waals surface area contributed by atoms with E-state index < -0.39 is 0 Å². The summed E-state index contributed by atoms with van der Waals surface area (Å²) in [7, 11) is 0. The molecule has 2 aromatic rings. The van der Waals surface area contributed by atoms with Gasteiger partial charge in [0.25, 0.3) is 0 Å². The van der Waals surface area contributed by atoms with Crippen LogP contribution in [0, 0.1) is 0 Å². The molecule has 0 atom stereocenters. The van der Waals surface area contributed by atoms with Gasteiger partial charge in [0.05, 0.1) is 13.1 Å². The van der Waals surface area contributed by atoms with Gasteiger partial charge in [0, 0.05) is 48.7 Å². The van der Waals surface area contributed by atoms with Crippen LogP contribution in [0.3, 0.4) is 0 Å². The van der Waals surface area contributed by atoms with Crippen LogP contribution in [-0.2, 0) is 0 Å². The standard InChI is InChI=1S/C20H24N4O2/c21-13-19(25)15-1-5-17(6-2-15)23-9-11-24(12-10-23)18-7-3-16(4-8-18)20(26)14-22/h1-8H,9-14,21-22H2. The van der Waals surface area contributed by atoms with Crippen LogP contribution in [0.5, 0.6) is 0 Å². The molecule has 0 saturated carbocycles. The molecule has 3 rings (SSSR count). The van der Waals surface area contributed by atoms with Crippen molar-refractivity contribution in [3.8, 4) is 0 Å². The van der Waals surface area contributed by atoms with Crippen molar-refractivity contribution >= 4 is 22.9 Å². The predicted octanol–water partition coefficient (Wildman–Crippen LogP) is 1.30. The Balaban J connectivity index is 1.60. The number of hydrogen-bond donors (Lipinski definition) is 2. The smallest absolute Gasteiger partial charge is 0.176 e. The van der Waals surface area contributed by atoms with Crippen LogP contribution in [0.1, 0.15) is 20.7 Å². The number of anilines is 2. The summed E-state index contributed by atoms with van der Waals surface area (Å²) >= 11 is 0. The number of ketones is 2. The Kier molecular flexibility index (Phi) is 5.65. The van der Waals surface area contributed by atoms with E-state index in [1.54, 1.807) is 0 Å². The molecule has 6 nitrogen and oxygen atoms in total. The second-order valence-electron chi connectivity index (χ2n) is 6.32. The molecule has 4 N–H and O–H groups in total. The van der Waals surface area contributed by atoms with E-state index in [1.807, 2.05) is 48.5 Å². The molecule has 0 amide bonds.